The summed E-state index contributed by atoms with van der Waals surface area (Å²) in [4.78, 5) is 0. The van der Waals surface area contributed by atoms with Crippen LogP contribution in [0.2, 0.25) is 0 Å². The standard InChI is InChI=1S/C38H28F5IN2/c39-37(40,41)29-17-9-15-27(35(29)45-31-19-5-1-11-23(31)24-12-2-6-20-32(24)45)28-16-10-18-30(38(42,43)44)36(28)46-33-21-7-3-13-25(33)26-14-4-8-22-34(26)46/h1-5,7-17,19,21-22,28,30,36H,6,18,20H2. The third kappa shape index (κ3) is 4.54. The van der Waals surface area contributed by atoms with Crippen LogP contribution in [-0.2, 0) is 12.6 Å². The molecule has 0 saturated carbocycles. The molecule has 8 heteroatoms. The van der Waals surface area contributed by atoms with E-state index < -0.39 is 33.5 Å². The lowest BCUT2D eigenvalue weighted by atomic mass is 9.76. The lowest BCUT2D eigenvalue weighted by Crippen LogP contribution is -2.36. The Morgan fingerprint density at radius 1 is 0.696 bits per heavy atom. The van der Waals surface area contributed by atoms with Gasteiger partial charge in [-0.05, 0) is 71.7 Å². The average Bonchev–Trinajstić information content (AvgIpc) is 3.56. The summed E-state index contributed by atoms with van der Waals surface area (Å²) in [7, 11) is 0. The van der Waals surface area contributed by atoms with Gasteiger partial charge in [0.1, 0.15) is 0 Å². The quantitative estimate of drug-likeness (QED) is 0.0739. The first-order chi connectivity index (χ1) is 22.1. The zero-order valence-electron chi connectivity index (χ0n) is 24.5. The first kappa shape index (κ1) is 29.5. The number of allylic oxidation sites excluding steroid dienone is 3. The summed E-state index contributed by atoms with van der Waals surface area (Å²) in [5.41, 5.74) is 3.54. The molecule has 0 N–H and O–H groups in total. The van der Waals surface area contributed by atoms with Crippen molar-refractivity contribution in [3.63, 3.8) is 0 Å². The molecule has 0 saturated heterocycles. The van der Waals surface area contributed by atoms with Gasteiger partial charge in [0.05, 0.1) is 28.7 Å². The summed E-state index contributed by atoms with van der Waals surface area (Å²) in [5.74, 6) is -1.96. The van der Waals surface area contributed by atoms with Crippen LogP contribution in [0.5, 0.6) is 0 Å². The highest BCUT2D eigenvalue weighted by Gasteiger charge is 2.48. The fourth-order valence-corrected chi connectivity index (χ4v) is 8.46. The van der Waals surface area contributed by atoms with Crippen LogP contribution in [0.4, 0.5) is 22.0 Å². The molecule has 0 radical (unpaired) electrons. The number of hydrogen-bond acceptors (Lipinski definition) is 0. The van der Waals surface area contributed by atoms with E-state index in [0.717, 1.165) is 44.5 Å². The fourth-order valence-electron chi connectivity index (χ4n) is 7.84. The highest BCUT2D eigenvalue weighted by atomic mass is 127. The van der Waals surface area contributed by atoms with Gasteiger partial charge in [-0.2, -0.15) is 22.0 Å². The van der Waals surface area contributed by atoms with Crippen LogP contribution >= 0.6 is 22.6 Å². The molecule has 232 valence electrons. The van der Waals surface area contributed by atoms with Gasteiger partial charge >= 0.3 is 10.1 Å². The zero-order valence-corrected chi connectivity index (χ0v) is 26.6. The third-order valence-corrected chi connectivity index (χ3v) is 10.5. The molecule has 3 atom stereocenters. The second kappa shape index (κ2) is 10.8. The van der Waals surface area contributed by atoms with Crippen LogP contribution in [-0.4, -0.2) is 13.1 Å². The molecule has 46 heavy (non-hydrogen) atoms. The van der Waals surface area contributed by atoms with Gasteiger partial charge in [-0.15, -0.1) is 0 Å². The summed E-state index contributed by atoms with van der Waals surface area (Å²) in [5, 5.41) is 2.71. The lowest BCUT2D eigenvalue weighted by Gasteiger charge is -2.40. The van der Waals surface area contributed by atoms with Crippen LogP contribution in [0, 0.1) is 5.92 Å². The minimum atomic E-state index is -4.68. The number of aromatic nitrogens is 2. The van der Waals surface area contributed by atoms with E-state index in [0.29, 0.717) is 23.9 Å². The van der Waals surface area contributed by atoms with E-state index in [-0.39, 0.29) is 12.1 Å². The van der Waals surface area contributed by atoms with Gasteiger partial charge in [0.15, 0.2) is 0 Å². The van der Waals surface area contributed by atoms with E-state index in [1.54, 1.807) is 16.7 Å². The molecule has 4 aromatic carbocycles. The minimum Gasteiger partial charge on any atom is -0.336 e. The van der Waals surface area contributed by atoms with Crippen LogP contribution in [0.15, 0.2) is 109 Å². The number of fused-ring (bicyclic) bond motifs is 6. The molecular formula is C38H28F5IN2. The van der Waals surface area contributed by atoms with Crippen molar-refractivity contribution in [2.45, 2.75) is 41.3 Å². The zero-order chi connectivity index (χ0) is 31.8. The molecule has 0 aliphatic heterocycles. The highest BCUT2D eigenvalue weighted by molar-refractivity contribution is 14.1. The fraction of sp³-hybridized carbons (Fsp3) is 0.211. The monoisotopic (exact) mass is 734 g/mol. The maximum Gasteiger partial charge on any atom is 0.418 e. The van der Waals surface area contributed by atoms with Crippen LogP contribution in [0.1, 0.15) is 47.2 Å². The van der Waals surface area contributed by atoms with E-state index in [1.807, 2.05) is 95.6 Å². The molecule has 3 unspecified atom stereocenters. The summed E-state index contributed by atoms with van der Waals surface area (Å²) in [6, 6.07) is 26.2. The van der Waals surface area contributed by atoms with Crippen LogP contribution in [0.3, 0.4) is 0 Å². The number of para-hydroxylation sites is 4. The Morgan fingerprint density at radius 2 is 1.33 bits per heavy atom. The van der Waals surface area contributed by atoms with E-state index in [1.165, 1.54) is 28.7 Å². The van der Waals surface area contributed by atoms with Gasteiger partial charge in [0.25, 0.3) is 0 Å². The summed E-state index contributed by atoms with van der Waals surface area (Å²) in [6.07, 6.45) is 4.29. The van der Waals surface area contributed by atoms with E-state index >= 15 is 22.0 Å². The normalized spacial score (nSPS) is 20.2. The van der Waals surface area contributed by atoms with Crippen molar-refractivity contribution in [1.82, 2.24) is 9.13 Å². The van der Waals surface area contributed by atoms with Gasteiger partial charge in [-0.25, -0.2) is 0 Å². The summed E-state index contributed by atoms with van der Waals surface area (Å²) in [6.45, 7) is 0. The molecular weight excluding hydrogens is 706 g/mol. The van der Waals surface area contributed by atoms with Crippen LogP contribution in [0.25, 0.3) is 44.5 Å². The maximum atomic E-state index is 15.8. The number of alkyl halides is 6. The van der Waals surface area contributed by atoms with E-state index in [9.17, 15) is 0 Å². The predicted molar refractivity (Wildman–Crippen MR) is 183 cm³/mol. The van der Waals surface area contributed by atoms with Crippen molar-refractivity contribution in [3.05, 3.63) is 132 Å². The molecule has 2 aromatic heterocycles. The topological polar surface area (TPSA) is 9.86 Å². The third-order valence-electron chi connectivity index (χ3n) is 9.65. The van der Waals surface area contributed by atoms with Gasteiger partial charge in [-0.3, -0.25) is 0 Å². The first-order valence-corrected chi connectivity index (χ1v) is 16.4. The second-order valence-corrected chi connectivity index (χ2v) is 13.6. The second-order valence-electron chi connectivity index (χ2n) is 12.1. The number of benzene rings is 4. The lowest BCUT2D eigenvalue weighted by molar-refractivity contribution is -0.137. The van der Waals surface area contributed by atoms with E-state index in [4.69, 9.17) is 0 Å². The molecule has 2 heterocycles. The molecule has 2 aliphatic rings. The molecule has 2 aliphatic carbocycles. The average molecular weight is 735 g/mol. The van der Waals surface area contributed by atoms with Crippen molar-refractivity contribution < 1.29 is 22.0 Å². The maximum absolute atomic E-state index is 15.8. The number of rotatable bonds is 4. The molecule has 6 aromatic rings. The van der Waals surface area contributed by atoms with E-state index in [2.05, 4.69) is 0 Å². The Hall–Kier alpha value is -3.92. The van der Waals surface area contributed by atoms with Gasteiger partial charge in [0.2, 0.25) is 0 Å². The molecule has 0 spiro atoms. The SMILES string of the molecule is FC(F)(F)c1cccc(C2C=CCC(C(F)(F)I)C2n2c3ccccc3c3ccccc32)c1-n1c2c(c3ccccc31)C=CCC2. The number of nitrogens with zero attached hydrogens (tertiary/aromatic N) is 2. The minimum absolute atomic E-state index is 0.0144. The Morgan fingerprint density at radius 3 is 1.98 bits per heavy atom. The molecule has 2 nitrogen and oxygen atoms in total. The Balaban J connectivity index is 1.48. The molecule has 0 bridgehead atoms. The largest absolute Gasteiger partial charge is 0.418 e. The van der Waals surface area contributed by atoms with Gasteiger partial charge in [0, 0.05) is 44.4 Å². The van der Waals surface area contributed by atoms with Crippen LogP contribution < -0.4 is 0 Å². The molecule has 8 rings (SSSR count). The predicted octanol–water partition coefficient (Wildman–Crippen LogP) is 11.6. The Kier molecular flexibility index (Phi) is 6.94. The van der Waals surface area contributed by atoms with Gasteiger partial charge in [-0.1, -0.05) is 91.0 Å². The molecule has 0 amide bonds. The van der Waals surface area contributed by atoms with Crippen molar-refractivity contribution >= 4 is 61.4 Å². The molecule has 0 fully saturated rings. The Labute approximate surface area is 276 Å². The van der Waals surface area contributed by atoms with Crippen molar-refractivity contribution in [2.24, 2.45) is 5.92 Å². The smallest absolute Gasteiger partial charge is 0.336 e. The van der Waals surface area contributed by atoms with Crippen molar-refractivity contribution in [2.75, 3.05) is 0 Å². The summed E-state index contributed by atoms with van der Waals surface area (Å²) < 4.78 is 77.4. The van der Waals surface area contributed by atoms with Crippen molar-refractivity contribution in [3.8, 4) is 5.69 Å². The Bertz CT molecular complexity index is 2140. The number of halogens is 6. The van der Waals surface area contributed by atoms with Gasteiger partial charge < -0.3 is 9.13 Å². The van der Waals surface area contributed by atoms with Crippen molar-refractivity contribution in [1.29, 1.82) is 0 Å². The summed E-state index contributed by atoms with van der Waals surface area (Å²) >= 11 is 1.22. The highest BCUT2D eigenvalue weighted by Crippen LogP contribution is 2.54. The first-order valence-electron chi connectivity index (χ1n) is 15.3. The number of hydrogen-bond donors (Lipinski definition) is 0.